The fraction of sp³-hybridized carbons (Fsp3) is 0.118. The number of fused-ring (bicyclic) bond motifs is 1. The van der Waals surface area contributed by atoms with Gasteiger partial charge in [-0.3, -0.25) is 0 Å². The highest BCUT2D eigenvalue weighted by Crippen LogP contribution is 2.35. The maximum atomic E-state index is 6.29. The minimum atomic E-state index is 0.487. The molecule has 0 N–H and O–H groups in total. The van der Waals surface area contributed by atoms with E-state index in [4.69, 9.17) is 21.1 Å². The Kier molecular flexibility index (Phi) is 3.67. The molecule has 3 nitrogen and oxygen atoms in total. The molecule has 2 aromatic carbocycles. The molecule has 0 atom stereocenters. The van der Waals surface area contributed by atoms with E-state index in [0.29, 0.717) is 10.9 Å². The second-order valence-corrected chi connectivity index (χ2v) is 4.94. The van der Waals surface area contributed by atoms with Crippen LogP contribution in [0.2, 0.25) is 5.15 Å². The summed E-state index contributed by atoms with van der Waals surface area (Å²) in [5, 5.41) is 2.47. The van der Waals surface area contributed by atoms with E-state index >= 15 is 0 Å². The summed E-state index contributed by atoms with van der Waals surface area (Å²) in [5.74, 6) is 1.44. The molecule has 21 heavy (non-hydrogen) atoms. The van der Waals surface area contributed by atoms with E-state index < -0.39 is 0 Å². The molecule has 3 aromatic rings. The molecule has 3 rings (SSSR count). The van der Waals surface area contributed by atoms with Crippen LogP contribution in [0.4, 0.5) is 0 Å². The molecule has 0 aliphatic heterocycles. The highest BCUT2D eigenvalue weighted by molar-refractivity contribution is 6.34. The predicted molar refractivity (Wildman–Crippen MR) is 85.3 cm³/mol. The Morgan fingerprint density at radius 2 is 1.76 bits per heavy atom. The third-order valence-electron chi connectivity index (χ3n) is 3.38. The fourth-order valence-electron chi connectivity index (χ4n) is 2.30. The molecule has 0 aliphatic carbocycles. The van der Waals surface area contributed by atoms with Gasteiger partial charge in [0.25, 0.3) is 0 Å². The number of hydrogen-bond donors (Lipinski definition) is 0. The Morgan fingerprint density at radius 3 is 2.52 bits per heavy atom. The van der Waals surface area contributed by atoms with Crippen LogP contribution in [0.25, 0.3) is 22.0 Å². The normalized spacial score (nSPS) is 10.6. The maximum Gasteiger partial charge on any atom is 0.137 e. The van der Waals surface area contributed by atoms with E-state index in [9.17, 15) is 0 Å². The van der Waals surface area contributed by atoms with Gasteiger partial charge in [0.1, 0.15) is 16.7 Å². The number of halogens is 1. The summed E-state index contributed by atoms with van der Waals surface area (Å²) >= 11 is 6.29. The van der Waals surface area contributed by atoms with Gasteiger partial charge in [-0.1, -0.05) is 35.9 Å². The quantitative estimate of drug-likeness (QED) is 0.664. The lowest BCUT2D eigenvalue weighted by molar-refractivity contribution is 0.395. The average Bonchev–Trinajstić information content (AvgIpc) is 2.54. The number of aromatic nitrogens is 1. The van der Waals surface area contributed by atoms with Crippen molar-refractivity contribution in [2.75, 3.05) is 14.2 Å². The van der Waals surface area contributed by atoms with E-state index in [0.717, 1.165) is 27.8 Å². The monoisotopic (exact) mass is 299 g/mol. The third-order valence-corrected chi connectivity index (χ3v) is 3.67. The van der Waals surface area contributed by atoms with Crippen LogP contribution in [0, 0.1) is 0 Å². The average molecular weight is 300 g/mol. The molecular formula is C17H14ClNO2. The minimum absolute atomic E-state index is 0.487. The van der Waals surface area contributed by atoms with Crippen molar-refractivity contribution in [1.29, 1.82) is 0 Å². The molecule has 0 radical (unpaired) electrons. The van der Waals surface area contributed by atoms with Gasteiger partial charge < -0.3 is 9.47 Å². The van der Waals surface area contributed by atoms with Crippen molar-refractivity contribution in [2.45, 2.75) is 0 Å². The smallest absolute Gasteiger partial charge is 0.137 e. The van der Waals surface area contributed by atoms with Crippen molar-refractivity contribution < 1.29 is 9.47 Å². The van der Waals surface area contributed by atoms with E-state index in [2.05, 4.69) is 4.98 Å². The highest BCUT2D eigenvalue weighted by Gasteiger charge is 2.11. The molecule has 1 aromatic heterocycles. The van der Waals surface area contributed by atoms with Crippen LogP contribution in [-0.2, 0) is 0 Å². The van der Waals surface area contributed by atoms with Crippen LogP contribution in [0.15, 0.2) is 48.5 Å². The van der Waals surface area contributed by atoms with Crippen molar-refractivity contribution >= 4 is 22.4 Å². The lowest BCUT2D eigenvalue weighted by atomic mass is 10.1. The molecule has 0 aliphatic rings. The summed E-state index contributed by atoms with van der Waals surface area (Å²) in [5.41, 5.74) is 1.66. The second-order valence-electron chi connectivity index (χ2n) is 4.59. The first-order valence-corrected chi connectivity index (χ1v) is 6.88. The first-order chi connectivity index (χ1) is 10.2. The number of nitrogens with zero attached hydrogens (tertiary/aromatic N) is 1. The molecule has 0 saturated heterocycles. The molecule has 0 spiro atoms. The van der Waals surface area contributed by atoms with Crippen LogP contribution in [0.5, 0.6) is 11.5 Å². The molecule has 0 saturated carbocycles. The first kappa shape index (κ1) is 13.7. The van der Waals surface area contributed by atoms with Gasteiger partial charge in [0, 0.05) is 17.0 Å². The largest absolute Gasteiger partial charge is 0.497 e. The van der Waals surface area contributed by atoms with Crippen molar-refractivity contribution in [3.8, 4) is 22.8 Å². The van der Waals surface area contributed by atoms with Gasteiger partial charge in [-0.15, -0.1) is 0 Å². The third kappa shape index (κ3) is 2.52. The number of rotatable bonds is 3. The van der Waals surface area contributed by atoms with Crippen LogP contribution < -0.4 is 9.47 Å². The molecule has 0 unspecified atom stereocenters. The van der Waals surface area contributed by atoms with Gasteiger partial charge in [0.05, 0.1) is 19.9 Å². The Bertz CT molecular complexity index is 802. The fourth-order valence-corrected chi connectivity index (χ4v) is 2.57. The zero-order valence-electron chi connectivity index (χ0n) is 11.8. The Hall–Kier alpha value is -2.26. The molecular weight excluding hydrogens is 286 g/mol. The molecule has 1 heterocycles. The van der Waals surface area contributed by atoms with E-state index in [1.165, 1.54) is 0 Å². The van der Waals surface area contributed by atoms with Crippen LogP contribution in [0.3, 0.4) is 0 Å². The van der Waals surface area contributed by atoms with Gasteiger partial charge in [0.15, 0.2) is 0 Å². The van der Waals surface area contributed by atoms with Gasteiger partial charge in [-0.25, -0.2) is 4.98 Å². The van der Waals surface area contributed by atoms with Crippen molar-refractivity contribution in [3.63, 3.8) is 0 Å². The first-order valence-electron chi connectivity index (χ1n) is 6.50. The highest BCUT2D eigenvalue weighted by atomic mass is 35.5. The molecule has 0 amide bonds. The Labute approximate surface area is 128 Å². The summed E-state index contributed by atoms with van der Waals surface area (Å²) < 4.78 is 10.6. The molecule has 106 valence electrons. The van der Waals surface area contributed by atoms with E-state index in [1.54, 1.807) is 14.2 Å². The van der Waals surface area contributed by atoms with Crippen molar-refractivity contribution in [3.05, 3.63) is 53.7 Å². The number of methoxy groups -OCH3 is 2. The van der Waals surface area contributed by atoms with Crippen molar-refractivity contribution in [2.24, 2.45) is 0 Å². The van der Waals surface area contributed by atoms with Gasteiger partial charge >= 0.3 is 0 Å². The summed E-state index contributed by atoms with van der Waals surface area (Å²) in [4.78, 5) is 4.48. The van der Waals surface area contributed by atoms with Gasteiger partial charge in [-0.05, 0) is 23.6 Å². The molecule has 0 fully saturated rings. The summed E-state index contributed by atoms with van der Waals surface area (Å²) in [6.45, 7) is 0. The lowest BCUT2D eigenvalue weighted by Crippen LogP contribution is -1.93. The Morgan fingerprint density at radius 1 is 0.952 bits per heavy atom. The Balaban J connectivity index is 2.20. The lowest BCUT2D eigenvalue weighted by Gasteiger charge is -2.11. The SMILES string of the molecule is COc1ccc(-c2cc3ccccc3c(Cl)n2)c(OC)c1. The van der Waals surface area contributed by atoms with Gasteiger partial charge in [-0.2, -0.15) is 0 Å². The van der Waals surface area contributed by atoms with Crippen molar-refractivity contribution in [1.82, 2.24) is 4.98 Å². The summed E-state index contributed by atoms with van der Waals surface area (Å²) in [6, 6.07) is 15.5. The predicted octanol–water partition coefficient (Wildman–Crippen LogP) is 4.57. The molecule has 0 bridgehead atoms. The summed E-state index contributed by atoms with van der Waals surface area (Å²) in [7, 11) is 3.25. The second kappa shape index (κ2) is 5.62. The number of pyridine rings is 1. The van der Waals surface area contributed by atoms with Crippen LogP contribution in [0.1, 0.15) is 0 Å². The zero-order chi connectivity index (χ0) is 14.8. The van der Waals surface area contributed by atoms with Gasteiger partial charge in [0.2, 0.25) is 0 Å². The van der Waals surface area contributed by atoms with E-state index in [1.807, 2.05) is 48.5 Å². The standard InChI is InChI=1S/C17H14ClNO2/c1-20-12-7-8-14(16(10-12)21-2)15-9-11-5-3-4-6-13(11)17(18)19-15/h3-10H,1-2H3. The van der Waals surface area contributed by atoms with Crippen LogP contribution >= 0.6 is 11.6 Å². The number of ether oxygens (including phenoxy) is 2. The zero-order valence-corrected chi connectivity index (χ0v) is 12.5. The number of benzene rings is 2. The minimum Gasteiger partial charge on any atom is -0.497 e. The summed E-state index contributed by atoms with van der Waals surface area (Å²) in [6.07, 6.45) is 0. The number of hydrogen-bond acceptors (Lipinski definition) is 3. The maximum absolute atomic E-state index is 6.29. The molecule has 4 heteroatoms. The van der Waals surface area contributed by atoms with Crippen LogP contribution in [-0.4, -0.2) is 19.2 Å². The topological polar surface area (TPSA) is 31.4 Å². The van der Waals surface area contributed by atoms with E-state index in [-0.39, 0.29) is 0 Å².